The van der Waals surface area contributed by atoms with Crippen LogP contribution in [0, 0.1) is 20.8 Å². The highest BCUT2D eigenvalue weighted by Gasteiger charge is 2.08. The SMILES string of the molecule is Cc1cc(-c2ccccc2)c(C)c(C)c1N.Cl. The number of rotatable bonds is 1. The molecule has 0 atom stereocenters. The monoisotopic (exact) mass is 247 g/mol. The maximum atomic E-state index is 6.03. The van der Waals surface area contributed by atoms with Gasteiger partial charge in [-0.05, 0) is 54.7 Å². The number of hydrogen-bond acceptors (Lipinski definition) is 1. The van der Waals surface area contributed by atoms with E-state index in [2.05, 4.69) is 51.1 Å². The predicted octanol–water partition coefficient (Wildman–Crippen LogP) is 4.28. The van der Waals surface area contributed by atoms with Crippen LogP contribution in [0.4, 0.5) is 5.69 Å². The molecule has 0 radical (unpaired) electrons. The molecule has 2 rings (SSSR count). The normalized spacial score (nSPS) is 9.82. The van der Waals surface area contributed by atoms with Crippen LogP contribution < -0.4 is 5.73 Å². The van der Waals surface area contributed by atoms with Gasteiger partial charge in [0.25, 0.3) is 0 Å². The van der Waals surface area contributed by atoms with Crippen LogP contribution in [0.2, 0.25) is 0 Å². The van der Waals surface area contributed by atoms with Crippen LogP contribution in [0.5, 0.6) is 0 Å². The molecule has 0 unspecified atom stereocenters. The summed E-state index contributed by atoms with van der Waals surface area (Å²) < 4.78 is 0. The Labute approximate surface area is 109 Å². The van der Waals surface area contributed by atoms with E-state index in [1.165, 1.54) is 22.3 Å². The Hall–Kier alpha value is -1.47. The van der Waals surface area contributed by atoms with E-state index in [1.54, 1.807) is 0 Å². The molecule has 0 aliphatic heterocycles. The minimum atomic E-state index is 0. The Balaban J connectivity index is 0.00000144. The lowest BCUT2D eigenvalue weighted by Gasteiger charge is -2.14. The van der Waals surface area contributed by atoms with E-state index >= 15 is 0 Å². The third kappa shape index (κ3) is 2.45. The van der Waals surface area contributed by atoms with Gasteiger partial charge in [-0.3, -0.25) is 0 Å². The molecule has 0 fully saturated rings. The topological polar surface area (TPSA) is 26.0 Å². The highest BCUT2D eigenvalue weighted by molar-refractivity contribution is 5.85. The fraction of sp³-hybridized carbons (Fsp3) is 0.200. The van der Waals surface area contributed by atoms with E-state index in [9.17, 15) is 0 Å². The number of hydrogen-bond donors (Lipinski definition) is 1. The molecular weight excluding hydrogens is 230 g/mol. The van der Waals surface area contributed by atoms with Crippen LogP contribution in [0.25, 0.3) is 11.1 Å². The molecule has 0 bridgehead atoms. The van der Waals surface area contributed by atoms with Crippen molar-refractivity contribution >= 4 is 18.1 Å². The number of halogens is 1. The van der Waals surface area contributed by atoms with Crippen LogP contribution in [-0.2, 0) is 0 Å². The first-order chi connectivity index (χ1) is 7.61. The lowest BCUT2D eigenvalue weighted by molar-refractivity contribution is 1.30. The summed E-state index contributed by atoms with van der Waals surface area (Å²) in [5.74, 6) is 0. The smallest absolute Gasteiger partial charge is 0.0376 e. The summed E-state index contributed by atoms with van der Waals surface area (Å²) in [6.45, 7) is 6.28. The average Bonchev–Trinajstić information content (AvgIpc) is 2.32. The number of anilines is 1. The molecule has 0 amide bonds. The summed E-state index contributed by atoms with van der Waals surface area (Å²) in [6, 6.07) is 12.6. The maximum absolute atomic E-state index is 6.03. The average molecular weight is 248 g/mol. The van der Waals surface area contributed by atoms with Crippen molar-refractivity contribution in [1.82, 2.24) is 0 Å². The van der Waals surface area contributed by atoms with Gasteiger partial charge in [0.15, 0.2) is 0 Å². The van der Waals surface area contributed by atoms with Gasteiger partial charge in [-0.15, -0.1) is 12.4 Å². The summed E-state index contributed by atoms with van der Waals surface area (Å²) in [5, 5.41) is 0. The molecule has 2 aromatic carbocycles. The highest BCUT2D eigenvalue weighted by atomic mass is 35.5. The molecule has 0 saturated carbocycles. The Kier molecular flexibility index (Phi) is 4.19. The van der Waals surface area contributed by atoms with Crippen molar-refractivity contribution in [3.05, 3.63) is 53.1 Å². The first-order valence-electron chi connectivity index (χ1n) is 5.53. The van der Waals surface area contributed by atoms with E-state index in [1.807, 2.05) is 6.07 Å². The van der Waals surface area contributed by atoms with E-state index in [4.69, 9.17) is 5.73 Å². The second-order valence-electron chi connectivity index (χ2n) is 4.27. The maximum Gasteiger partial charge on any atom is 0.0376 e. The predicted molar refractivity (Wildman–Crippen MR) is 77.7 cm³/mol. The Morgan fingerprint density at radius 2 is 1.47 bits per heavy atom. The summed E-state index contributed by atoms with van der Waals surface area (Å²) in [4.78, 5) is 0. The quantitative estimate of drug-likeness (QED) is 0.748. The van der Waals surface area contributed by atoms with Crippen LogP contribution in [0.3, 0.4) is 0 Å². The van der Waals surface area contributed by atoms with Crippen LogP contribution in [0.15, 0.2) is 36.4 Å². The van der Waals surface area contributed by atoms with Crippen molar-refractivity contribution in [3.63, 3.8) is 0 Å². The van der Waals surface area contributed by atoms with Crippen LogP contribution >= 0.6 is 12.4 Å². The second-order valence-corrected chi connectivity index (χ2v) is 4.27. The summed E-state index contributed by atoms with van der Waals surface area (Å²) >= 11 is 0. The Morgan fingerprint density at radius 3 is 2.06 bits per heavy atom. The Bertz CT molecular complexity index is 518. The molecule has 0 saturated heterocycles. The number of benzene rings is 2. The lowest BCUT2D eigenvalue weighted by Crippen LogP contribution is -1.98. The van der Waals surface area contributed by atoms with Crippen molar-refractivity contribution in [3.8, 4) is 11.1 Å². The van der Waals surface area contributed by atoms with Gasteiger partial charge in [0.05, 0.1) is 0 Å². The third-order valence-electron chi connectivity index (χ3n) is 3.24. The number of aryl methyl sites for hydroxylation is 1. The number of nitrogen functional groups attached to an aromatic ring is 1. The molecule has 1 nitrogen and oxygen atoms in total. The molecule has 0 heterocycles. The fourth-order valence-electron chi connectivity index (χ4n) is 2.02. The van der Waals surface area contributed by atoms with Gasteiger partial charge in [-0.25, -0.2) is 0 Å². The first-order valence-corrected chi connectivity index (χ1v) is 5.53. The van der Waals surface area contributed by atoms with Crippen molar-refractivity contribution in [2.45, 2.75) is 20.8 Å². The van der Waals surface area contributed by atoms with Gasteiger partial charge in [-0.1, -0.05) is 30.3 Å². The second kappa shape index (κ2) is 5.24. The molecule has 17 heavy (non-hydrogen) atoms. The number of nitrogens with two attached hydrogens (primary N) is 1. The van der Waals surface area contributed by atoms with Gasteiger partial charge >= 0.3 is 0 Å². The van der Waals surface area contributed by atoms with Crippen molar-refractivity contribution < 1.29 is 0 Å². The van der Waals surface area contributed by atoms with Gasteiger partial charge < -0.3 is 5.73 Å². The van der Waals surface area contributed by atoms with Gasteiger partial charge in [0, 0.05) is 5.69 Å². The van der Waals surface area contributed by atoms with Crippen molar-refractivity contribution in [1.29, 1.82) is 0 Å². The van der Waals surface area contributed by atoms with Gasteiger partial charge in [0.2, 0.25) is 0 Å². The molecular formula is C15H18ClN. The third-order valence-corrected chi connectivity index (χ3v) is 3.24. The van der Waals surface area contributed by atoms with Gasteiger partial charge in [-0.2, -0.15) is 0 Å². The molecule has 0 spiro atoms. The zero-order chi connectivity index (χ0) is 11.7. The molecule has 0 aliphatic rings. The van der Waals surface area contributed by atoms with E-state index in [-0.39, 0.29) is 12.4 Å². The Morgan fingerprint density at radius 1 is 0.882 bits per heavy atom. The molecule has 2 N–H and O–H groups in total. The molecule has 0 aromatic heterocycles. The minimum Gasteiger partial charge on any atom is -0.398 e. The standard InChI is InChI=1S/C15H17N.ClH/c1-10-9-14(11(2)12(3)15(10)16)13-7-5-4-6-8-13;/h4-9H,16H2,1-3H3;1H. The van der Waals surface area contributed by atoms with Crippen molar-refractivity contribution in [2.24, 2.45) is 0 Å². The minimum absolute atomic E-state index is 0. The van der Waals surface area contributed by atoms with E-state index < -0.39 is 0 Å². The summed E-state index contributed by atoms with van der Waals surface area (Å²) in [6.07, 6.45) is 0. The first kappa shape index (κ1) is 13.6. The van der Waals surface area contributed by atoms with E-state index in [0.717, 1.165) is 11.3 Å². The van der Waals surface area contributed by atoms with Crippen LogP contribution in [-0.4, -0.2) is 0 Å². The van der Waals surface area contributed by atoms with Crippen molar-refractivity contribution in [2.75, 3.05) is 5.73 Å². The highest BCUT2D eigenvalue weighted by Crippen LogP contribution is 2.30. The molecule has 2 heteroatoms. The zero-order valence-electron chi connectivity index (χ0n) is 10.4. The lowest BCUT2D eigenvalue weighted by atomic mass is 9.93. The molecule has 0 aliphatic carbocycles. The zero-order valence-corrected chi connectivity index (χ0v) is 11.3. The van der Waals surface area contributed by atoms with E-state index in [0.29, 0.717) is 0 Å². The summed E-state index contributed by atoms with van der Waals surface area (Å²) in [7, 11) is 0. The molecule has 2 aromatic rings. The van der Waals surface area contributed by atoms with Crippen LogP contribution in [0.1, 0.15) is 16.7 Å². The fourth-order valence-corrected chi connectivity index (χ4v) is 2.02. The largest absolute Gasteiger partial charge is 0.398 e. The molecule has 90 valence electrons. The van der Waals surface area contributed by atoms with Gasteiger partial charge in [0.1, 0.15) is 0 Å². The summed E-state index contributed by atoms with van der Waals surface area (Å²) in [5.41, 5.74) is 13.1.